The zero-order chi connectivity index (χ0) is 20.5. The highest BCUT2D eigenvalue weighted by Gasteiger charge is 2.27. The minimum atomic E-state index is -3.48. The SMILES string of the molecule is Cc1nn(C)c(C)c1NC(=O)C(C)Sc1ccc(S(=O)(=O)N2CCCC2)cn1. The number of aryl methyl sites for hydroxylation is 2. The number of pyridine rings is 1. The molecule has 8 nitrogen and oxygen atoms in total. The van der Waals surface area contributed by atoms with E-state index in [1.165, 1.54) is 22.3 Å². The van der Waals surface area contributed by atoms with Gasteiger partial charge in [0.05, 0.1) is 27.4 Å². The summed E-state index contributed by atoms with van der Waals surface area (Å²) in [6.45, 7) is 6.65. The predicted molar refractivity (Wildman–Crippen MR) is 109 cm³/mol. The number of hydrogen-bond acceptors (Lipinski definition) is 6. The van der Waals surface area contributed by atoms with E-state index >= 15 is 0 Å². The summed E-state index contributed by atoms with van der Waals surface area (Å²) in [5.74, 6) is -0.153. The topological polar surface area (TPSA) is 97.2 Å². The van der Waals surface area contributed by atoms with E-state index in [0.717, 1.165) is 29.9 Å². The monoisotopic (exact) mass is 423 g/mol. The number of nitrogens with one attached hydrogen (secondary N) is 1. The van der Waals surface area contributed by atoms with E-state index in [2.05, 4.69) is 15.4 Å². The van der Waals surface area contributed by atoms with Gasteiger partial charge in [-0.2, -0.15) is 9.40 Å². The van der Waals surface area contributed by atoms with E-state index in [1.54, 1.807) is 23.7 Å². The van der Waals surface area contributed by atoms with Crippen LogP contribution in [0.5, 0.6) is 0 Å². The summed E-state index contributed by atoms with van der Waals surface area (Å²) in [5, 5.41) is 7.42. The molecule has 1 fully saturated rings. The van der Waals surface area contributed by atoms with Crippen LogP contribution >= 0.6 is 11.8 Å². The van der Waals surface area contributed by atoms with E-state index in [4.69, 9.17) is 0 Å². The van der Waals surface area contributed by atoms with Crippen molar-refractivity contribution in [3.63, 3.8) is 0 Å². The molecule has 2 aromatic heterocycles. The summed E-state index contributed by atoms with van der Waals surface area (Å²) >= 11 is 1.28. The Bertz CT molecular complexity index is 964. The molecule has 0 radical (unpaired) electrons. The average molecular weight is 424 g/mol. The molecule has 152 valence electrons. The first kappa shape index (κ1) is 20.8. The van der Waals surface area contributed by atoms with Crippen molar-refractivity contribution in [2.24, 2.45) is 7.05 Å². The molecule has 0 saturated carbocycles. The largest absolute Gasteiger partial charge is 0.322 e. The van der Waals surface area contributed by atoms with Crippen LogP contribution in [0.25, 0.3) is 0 Å². The summed E-state index contributed by atoms with van der Waals surface area (Å²) < 4.78 is 28.3. The number of rotatable bonds is 6. The highest BCUT2D eigenvalue weighted by molar-refractivity contribution is 8.00. The fourth-order valence-corrected chi connectivity index (χ4v) is 5.33. The van der Waals surface area contributed by atoms with Crippen molar-refractivity contribution in [3.05, 3.63) is 29.7 Å². The molecule has 0 aliphatic carbocycles. The quantitative estimate of drug-likeness (QED) is 0.716. The van der Waals surface area contributed by atoms with Crippen molar-refractivity contribution in [1.82, 2.24) is 19.1 Å². The van der Waals surface area contributed by atoms with Crippen LogP contribution in [0.3, 0.4) is 0 Å². The smallest absolute Gasteiger partial charge is 0.244 e. The molecule has 3 rings (SSSR count). The number of carbonyl (C=O) groups is 1. The molecule has 1 aliphatic heterocycles. The lowest BCUT2D eigenvalue weighted by Crippen LogP contribution is -2.28. The van der Waals surface area contributed by atoms with Crippen LogP contribution in [-0.4, -0.2) is 51.7 Å². The molecule has 0 bridgehead atoms. The molecule has 1 amide bonds. The van der Waals surface area contributed by atoms with Gasteiger partial charge in [-0.05, 0) is 45.7 Å². The fourth-order valence-electron chi connectivity index (χ4n) is 3.08. The van der Waals surface area contributed by atoms with Gasteiger partial charge in [0.1, 0.15) is 4.90 Å². The lowest BCUT2D eigenvalue weighted by molar-refractivity contribution is -0.115. The maximum absolute atomic E-state index is 12.6. The number of carbonyl (C=O) groups excluding carboxylic acids is 1. The zero-order valence-electron chi connectivity index (χ0n) is 16.5. The fraction of sp³-hybridized carbons (Fsp3) is 0.500. The van der Waals surface area contributed by atoms with E-state index in [-0.39, 0.29) is 10.8 Å². The highest BCUT2D eigenvalue weighted by Crippen LogP contribution is 2.26. The number of nitrogens with zero attached hydrogens (tertiary/aromatic N) is 4. The average Bonchev–Trinajstić information content (AvgIpc) is 3.27. The molecule has 1 N–H and O–H groups in total. The van der Waals surface area contributed by atoms with E-state index in [0.29, 0.717) is 18.1 Å². The standard InChI is InChI=1S/C18H25N5O3S2/c1-12-17(13(2)22(4)21-12)20-18(24)14(3)27-16-8-7-15(11-19-16)28(25,26)23-9-5-6-10-23/h7-8,11,14H,5-6,9-10H2,1-4H3,(H,20,24). The molecule has 0 aromatic carbocycles. The van der Waals surface area contributed by atoms with Gasteiger partial charge in [-0.1, -0.05) is 11.8 Å². The maximum Gasteiger partial charge on any atom is 0.244 e. The van der Waals surface area contributed by atoms with E-state index < -0.39 is 15.3 Å². The second kappa shape index (κ2) is 8.22. The molecule has 1 atom stereocenters. The van der Waals surface area contributed by atoms with E-state index in [1.807, 2.05) is 20.9 Å². The summed E-state index contributed by atoms with van der Waals surface area (Å²) in [6, 6.07) is 3.21. The van der Waals surface area contributed by atoms with Gasteiger partial charge in [0.25, 0.3) is 0 Å². The Morgan fingerprint density at radius 3 is 2.46 bits per heavy atom. The summed E-state index contributed by atoms with van der Waals surface area (Å²) in [7, 11) is -1.64. The van der Waals surface area contributed by atoms with Crippen LogP contribution in [-0.2, 0) is 21.9 Å². The first-order valence-electron chi connectivity index (χ1n) is 9.14. The number of sulfonamides is 1. The van der Waals surface area contributed by atoms with Crippen molar-refractivity contribution < 1.29 is 13.2 Å². The zero-order valence-corrected chi connectivity index (χ0v) is 18.1. The molecule has 10 heteroatoms. The Morgan fingerprint density at radius 2 is 1.93 bits per heavy atom. The normalized spacial score (nSPS) is 16.3. The number of aromatic nitrogens is 3. The summed E-state index contributed by atoms with van der Waals surface area (Å²) in [5.41, 5.74) is 2.37. The second-order valence-electron chi connectivity index (χ2n) is 6.86. The van der Waals surface area contributed by atoms with Crippen LogP contribution in [0.15, 0.2) is 28.3 Å². The Morgan fingerprint density at radius 1 is 1.25 bits per heavy atom. The van der Waals surface area contributed by atoms with Gasteiger partial charge in [-0.25, -0.2) is 13.4 Å². The molecule has 1 unspecified atom stereocenters. The van der Waals surface area contributed by atoms with Gasteiger partial charge < -0.3 is 5.32 Å². The summed E-state index contributed by atoms with van der Waals surface area (Å²) in [4.78, 5) is 17.0. The lowest BCUT2D eigenvalue weighted by Gasteiger charge is -2.15. The maximum atomic E-state index is 12.6. The first-order chi connectivity index (χ1) is 13.2. The van der Waals surface area contributed by atoms with Crippen LogP contribution in [0, 0.1) is 13.8 Å². The first-order valence-corrected chi connectivity index (χ1v) is 11.5. The van der Waals surface area contributed by atoms with E-state index in [9.17, 15) is 13.2 Å². The number of amides is 1. The van der Waals surface area contributed by atoms with Crippen LogP contribution in [0.2, 0.25) is 0 Å². The molecule has 1 aliphatic rings. The molecule has 1 saturated heterocycles. The van der Waals surface area contributed by atoms with Crippen molar-refractivity contribution in [2.45, 2.75) is 48.8 Å². The van der Waals surface area contributed by atoms with Crippen LogP contribution in [0.4, 0.5) is 5.69 Å². The predicted octanol–water partition coefficient (Wildman–Crippen LogP) is 2.34. The minimum absolute atomic E-state index is 0.153. The Labute approximate surface area is 169 Å². The van der Waals surface area contributed by atoms with Crippen LogP contribution < -0.4 is 5.32 Å². The molecule has 28 heavy (non-hydrogen) atoms. The molecule has 2 aromatic rings. The minimum Gasteiger partial charge on any atom is -0.322 e. The van der Waals surface area contributed by atoms with Crippen LogP contribution in [0.1, 0.15) is 31.2 Å². The Kier molecular flexibility index (Phi) is 6.11. The van der Waals surface area contributed by atoms with Gasteiger partial charge in [0.15, 0.2) is 0 Å². The number of anilines is 1. The number of hydrogen-bond donors (Lipinski definition) is 1. The van der Waals surface area contributed by atoms with Gasteiger partial charge >= 0.3 is 0 Å². The van der Waals surface area contributed by atoms with Crippen molar-refractivity contribution in [1.29, 1.82) is 0 Å². The lowest BCUT2D eigenvalue weighted by atomic mass is 10.3. The van der Waals surface area contributed by atoms with Gasteiger partial charge in [0.2, 0.25) is 15.9 Å². The van der Waals surface area contributed by atoms with Gasteiger partial charge in [-0.15, -0.1) is 0 Å². The Balaban J connectivity index is 1.65. The third kappa shape index (κ3) is 4.23. The summed E-state index contributed by atoms with van der Waals surface area (Å²) in [6.07, 6.45) is 3.15. The Hall–Kier alpha value is -1.91. The molecular weight excluding hydrogens is 398 g/mol. The third-order valence-electron chi connectivity index (χ3n) is 4.84. The van der Waals surface area contributed by atoms with Gasteiger partial charge in [-0.3, -0.25) is 9.48 Å². The second-order valence-corrected chi connectivity index (χ2v) is 10.2. The third-order valence-corrected chi connectivity index (χ3v) is 7.77. The van der Waals surface area contributed by atoms with Crippen molar-refractivity contribution in [2.75, 3.05) is 18.4 Å². The van der Waals surface area contributed by atoms with Crippen molar-refractivity contribution >= 4 is 33.4 Å². The number of thioether (sulfide) groups is 1. The molecule has 0 spiro atoms. The van der Waals surface area contributed by atoms with Crippen molar-refractivity contribution in [3.8, 4) is 0 Å². The molecule has 3 heterocycles. The highest BCUT2D eigenvalue weighted by atomic mass is 32.2. The molecular formula is C18H25N5O3S2. The van der Waals surface area contributed by atoms with Gasteiger partial charge in [0, 0.05) is 26.3 Å².